The number of phenolic OH excluding ortho intramolecular Hbond substituents is 1. The van der Waals surface area contributed by atoms with Gasteiger partial charge in [0.2, 0.25) is 0 Å². The molecule has 0 aromatic heterocycles. The molecule has 0 unspecified atom stereocenters. The Morgan fingerprint density at radius 2 is 1.70 bits per heavy atom. The van der Waals surface area contributed by atoms with Gasteiger partial charge in [-0.1, -0.05) is 30.3 Å². The monoisotopic (exact) mass is 406 g/mol. The third-order valence-corrected chi connectivity index (χ3v) is 4.05. The average Bonchev–Trinajstić information content (AvgIpc) is 2.79. The van der Waals surface area contributed by atoms with Gasteiger partial charge in [-0.2, -0.15) is 5.10 Å². The number of hydrogen-bond acceptors (Lipinski definition) is 6. The summed E-state index contributed by atoms with van der Waals surface area (Å²) in [5, 5.41) is 13.4. The molecule has 3 aromatic carbocycles. The highest BCUT2D eigenvalue weighted by molar-refractivity contribution is 5.83. The molecule has 3 rings (SSSR count). The van der Waals surface area contributed by atoms with Crippen LogP contribution < -0.4 is 19.6 Å². The molecule has 0 atom stereocenters. The van der Waals surface area contributed by atoms with Gasteiger partial charge >= 0.3 is 0 Å². The second-order valence-corrected chi connectivity index (χ2v) is 6.26. The first-order valence-corrected chi connectivity index (χ1v) is 9.22. The Hall–Kier alpha value is -4.00. The summed E-state index contributed by atoms with van der Waals surface area (Å²) in [5.74, 6) is 1.21. The van der Waals surface area contributed by atoms with E-state index in [2.05, 4.69) is 10.5 Å². The maximum atomic E-state index is 11.9. The molecule has 3 aromatic rings. The van der Waals surface area contributed by atoms with Crippen LogP contribution in [0.25, 0.3) is 0 Å². The lowest BCUT2D eigenvalue weighted by atomic mass is 10.2. The van der Waals surface area contributed by atoms with Gasteiger partial charge in [0.15, 0.2) is 18.1 Å². The lowest BCUT2D eigenvalue weighted by molar-refractivity contribution is -0.123. The number of benzene rings is 3. The van der Waals surface area contributed by atoms with Crippen LogP contribution in [0.3, 0.4) is 0 Å². The van der Waals surface area contributed by atoms with E-state index in [-0.39, 0.29) is 12.4 Å². The fraction of sp³-hybridized carbons (Fsp3) is 0.130. The van der Waals surface area contributed by atoms with Crippen molar-refractivity contribution in [1.82, 2.24) is 5.43 Å². The molecule has 30 heavy (non-hydrogen) atoms. The fourth-order valence-corrected chi connectivity index (χ4v) is 2.51. The molecule has 1 amide bonds. The van der Waals surface area contributed by atoms with E-state index in [1.165, 1.54) is 19.4 Å². The van der Waals surface area contributed by atoms with Crippen molar-refractivity contribution in [3.63, 3.8) is 0 Å². The first-order valence-electron chi connectivity index (χ1n) is 9.22. The lowest BCUT2D eigenvalue weighted by Gasteiger charge is -2.08. The van der Waals surface area contributed by atoms with Crippen LogP contribution in [0.2, 0.25) is 0 Å². The molecule has 0 heterocycles. The molecular formula is C23H22N2O5. The number of methoxy groups -OCH3 is 1. The summed E-state index contributed by atoms with van der Waals surface area (Å²) < 4.78 is 16.2. The number of aromatic hydroxyl groups is 1. The van der Waals surface area contributed by atoms with E-state index in [0.29, 0.717) is 29.4 Å². The molecule has 0 spiro atoms. The number of phenols is 1. The predicted octanol–water partition coefficient (Wildman–Crippen LogP) is 3.51. The molecule has 0 aliphatic rings. The maximum absolute atomic E-state index is 11.9. The van der Waals surface area contributed by atoms with Crippen LogP contribution in [0, 0.1) is 0 Å². The van der Waals surface area contributed by atoms with Gasteiger partial charge in [-0.15, -0.1) is 0 Å². The number of ether oxygens (including phenoxy) is 3. The van der Waals surface area contributed by atoms with Gasteiger partial charge in [0, 0.05) is 0 Å². The van der Waals surface area contributed by atoms with E-state index in [4.69, 9.17) is 14.2 Å². The van der Waals surface area contributed by atoms with Crippen LogP contribution in [-0.2, 0) is 11.4 Å². The Kier molecular flexibility index (Phi) is 7.27. The molecule has 0 saturated carbocycles. The lowest BCUT2D eigenvalue weighted by Crippen LogP contribution is -2.24. The minimum atomic E-state index is -0.401. The van der Waals surface area contributed by atoms with Gasteiger partial charge in [-0.05, 0) is 53.6 Å². The normalized spacial score (nSPS) is 10.6. The Bertz CT molecular complexity index is 988. The van der Waals surface area contributed by atoms with Gasteiger partial charge in [-0.3, -0.25) is 4.79 Å². The van der Waals surface area contributed by atoms with Crippen LogP contribution in [0.1, 0.15) is 11.1 Å². The van der Waals surface area contributed by atoms with Gasteiger partial charge in [0.25, 0.3) is 5.91 Å². The number of carbonyl (C=O) groups excluding carboxylic acids is 1. The second kappa shape index (κ2) is 10.5. The van der Waals surface area contributed by atoms with E-state index in [1.807, 2.05) is 30.3 Å². The van der Waals surface area contributed by atoms with Crippen LogP contribution in [-0.4, -0.2) is 30.9 Å². The van der Waals surface area contributed by atoms with Gasteiger partial charge in [-0.25, -0.2) is 5.43 Å². The standard InChI is InChI=1S/C23H22N2O5/c1-28-22-13-18(7-12-21(22)26)14-24-25-23(27)16-30-20-10-8-19(9-11-20)29-15-17-5-3-2-4-6-17/h2-14,26H,15-16H2,1H3,(H,25,27). The molecule has 7 heteroatoms. The van der Waals surface area contributed by atoms with Crippen molar-refractivity contribution in [2.45, 2.75) is 6.61 Å². The minimum Gasteiger partial charge on any atom is -0.504 e. The van der Waals surface area contributed by atoms with Gasteiger partial charge in [0.05, 0.1) is 13.3 Å². The Morgan fingerprint density at radius 1 is 1.00 bits per heavy atom. The third-order valence-electron chi connectivity index (χ3n) is 4.05. The number of amides is 1. The van der Waals surface area contributed by atoms with Crippen molar-refractivity contribution >= 4 is 12.1 Å². The van der Waals surface area contributed by atoms with Gasteiger partial charge < -0.3 is 19.3 Å². The number of nitrogens with one attached hydrogen (secondary N) is 1. The van der Waals surface area contributed by atoms with Crippen LogP contribution in [0.5, 0.6) is 23.0 Å². The third kappa shape index (κ3) is 6.27. The average molecular weight is 406 g/mol. The van der Waals surface area contributed by atoms with Crippen molar-refractivity contribution in [3.8, 4) is 23.0 Å². The molecular weight excluding hydrogens is 384 g/mol. The van der Waals surface area contributed by atoms with Crippen LogP contribution in [0.4, 0.5) is 0 Å². The number of hydrazone groups is 1. The van der Waals surface area contributed by atoms with Gasteiger partial charge in [0.1, 0.15) is 18.1 Å². The highest BCUT2D eigenvalue weighted by atomic mass is 16.5. The summed E-state index contributed by atoms with van der Waals surface area (Å²) in [4.78, 5) is 11.9. The van der Waals surface area contributed by atoms with Crippen molar-refractivity contribution in [2.75, 3.05) is 13.7 Å². The molecule has 0 aliphatic heterocycles. The molecule has 0 aliphatic carbocycles. The first kappa shape index (κ1) is 20.7. The topological polar surface area (TPSA) is 89.4 Å². The Balaban J connectivity index is 1.42. The summed E-state index contributed by atoms with van der Waals surface area (Å²) in [5.41, 5.74) is 4.13. The van der Waals surface area contributed by atoms with E-state index in [1.54, 1.807) is 36.4 Å². The zero-order valence-corrected chi connectivity index (χ0v) is 16.4. The van der Waals surface area contributed by atoms with E-state index < -0.39 is 5.91 Å². The van der Waals surface area contributed by atoms with Crippen LogP contribution >= 0.6 is 0 Å². The summed E-state index contributed by atoms with van der Waals surface area (Å²) in [6.45, 7) is 0.300. The highest BCUT2D eigenvalue weighted by Crippen LogP contribution is 2.25. The van der Waals surface area contributed by atoms with Crippen molar-refractivity contribution in [2.24, 2.45) is 5.10 Å². The molecule has 0 fully saturated rings. The van der Waals surface area contributed by atoms with E-state index in [9.17, 15) is 9.90 Å². The number of carbonyl (C=O) groups is 1. The van der Waals surface area contributed by atoms with E-state index >= 15 is 0 Å². The van der Waals surface area contributed by atoms with E-state index in [0.717, 1.165) is 5.56 Å². The molecule has 2 N–H and O–H groups in total. The summed E-state index contributed by atoms with van der Waals surface area (Å²) >= 11 is 0. The minimum absolute atomic E-state index is 0.0311. The van der Waals surface area contributed by atoms with Crippen molar-refractivity contribution in [3.05, 3.63) is 83.9 Å². The highest BCUT2D eigenvalue weighted by Gasteiger charge is 2.04. The van der Waals surface area contributed by atoms with Crippen LogP contribution in [0.15, 0.2) is 77.9 Å². The summed E-state index contributed by atoms with van der Waals surface area (Å²) in [6.07, 6.45) is 1.44. The smallest absolute Gasteiger partial charge is 0.277 e. The molecule has 7 nitrogen and oxygen atoms in total. The zero-order chi connectivity index (χ0) is 21.2. The SMILES string of the molecule is COc1cc(C=NNC(=O)COc2ccc(OCc3ccccc3)cc2)ccc1O. The molecule has 0 bridgehead atoms. The maximum Gasteiger partial charge on any atom is 0.277 e. The zero-order valence-electron chi connectivity index (χ0n) is 16.4. The molecule has 0 radical (unpaired) electrons. The summed E-state index contributed by atoms with van der Waals surface area (Å²) in [6, 6.07) is 21.7. The Labute approximate surface area is 174 Å². The Morgan fingerprint density at radius 3 is 2.40 bits per heavy atom. The second-order valence-electron chi connectivity index (χ2n) is 6.26. The number of nitrogens with zero attached hydrogens (tertiary/aromatic N) is 1. The number of rotatable bonds is 9. The molecule has 154 valence electrons. The predicted molar refractivity (Wildman–Crippen MR) is 113 cm³/mol. The first-order chi connectivity index (χ1) is 14.6. The van der Waals surface area contributed by atoms with Crippen molar-refractivity contribution in [1.29, 1.82) is 0 Å². The summed E-state index contributed by atoms with van der Waals surface area (Å²) in [7, 11) is 1.46. The fourth-order valence-electron chi connectivity index (χ4n) is 2.51. The van der Waals surface area contributed by atoms with Crippen molar-refractivity contribution < 1.29 is 24.1 Å². The molecule has 0 saturated heterocycles. The number of hydrogen-bond donors (Lipinski definition) is 2. The quantitative estimate of drug-likeness (QED) is 0.419. The largest absolute Gasteiger partial charge is 0.504 e.